The largest absolute Gasteiger partial charge is 0.303 e. The smallest absolute Gasteiger partial charge is 0.164 e. The van der Waals surface area contributed by atoms with Crippen molar-refractivity contribution in [1.82, 2.24) is 4.90 Å². The Labute approximate surface area is 125 Å². The summed E-state index contributed by atoms with van der Waals surface area (Å²) >= 11 is 7.76. The summed E-state index contributed by atoms with van der Waals surface area (Å²) in [6, 6.07) is 7.68. The summed E-state index contributed by atoms with van der Waals surface area (Å²) in [5, 5.41) is 0.618. The molecule has 1 aromatic carbocycles. The van der Waals surface area contributed by atoms with Crippen molar-refractivity contribution < 1.29 is 4.79 Å². The molecule has 0 aliphatic rings. The van der Waals surface area contributed by atoms with Crippen molar-refractivity contribution in [3.8, 4) is 0 Å². The summed E-state index contributed by atoms with van der Waals surface area (Å²) in [4.78, 5) is 14.3. The van der Waals surface area contributed by atoms with Crippen molar-refractivity contribution in [3.05, 3.63) is 34.9 Å². The van der Waals surface area contributed by atoms with E-state index in [9.17, 15) is 4.79 Å². The molecule has 106 valence electrons. The number of halogens is 1. The van der Waals surface area contributed by atoms with Crippen LogP contribution in [0.4, 0.5) is 0 Å². The van der Waals surface area contributed by atoms with Crippen LogP contribution in [0.5, 0.6) is 0 Å². The third kappa shape index (κ3) is 5.98. The predicted molar refractivity (Wildman–Crippen MR) is 85.5 cm³/mol. The van der Waals surface area contributed by atoms with E-state index in [1.54, 1.807) is 12.1 Å². The van der Waals surface area contributed by atoms with E-state index in [1.807, 2.05) is 23.9 Å². The van der Waals surface area contributed by atoms with Gasteiger partial charge in [-0.05, 0) is 44.5 Å². The van der Waals surface area contributed by atoms with E-state index >= 15 is 0 Å². The molecule has 0 saturated heterocycles. The first kappa shape index (κ1) is 16.5. The highest BCUT2D eigenvalue weighted by atomic mass is 35.5. The Hall–Kier alpha value is -0.510. The highest BCUT2D eigenvalue weighted by molar-refractivity contribution is 7.98. The Morgan fingerprint density at radius 1 is 1.47 bits per heavy atom. The maximum atomic E-state index is 12.0. The van der Waals surface area contributed by atoms with E-state index in [4.69, 9.17) is 11.6 Å². The zero-order chi connectivity index (χ0) is 14.3. The number of benzene rings is 1. The molecule has 2 nitrogen and oxygen atoms in total. The number of nitrogens with zero attached hydrogens (tertiary/aromatic N) is 1. The van der Waals surface area contributed by atoms with Gasteiger partial charge in [-0.2, -0.15) is 11.8 Å². The van der Waals surface area contributed by atoms with Gasteiger partial charge in [0.15, 0.2) is 5.78 Å². The van der Waals surface area contributed by atoms with Crippen LogP contribution < -0.4 is 0 Å². The molecule has 0 amide bonds. The van der Waals surface area contributed by atoms with Gasteiger partial charge in [0.2, 0.25) is 0 Å². The van der Waals surface area contributed by atoms with Crippen LogP contribution in [-0.4, -0.2) is 42.3 Å². The normalized spacial score (nSPS) is 12.7. The highest BCUT2D eigenvalue weighted by Gasteiger charge is 2.12. The van der Waals surface area contributed by atoms with Gasteiger partial charge < -0.3 is 4.90 Å². The number of hydrogen-bond acceptors (Lipinski definition) is 3. The van der Waals surface area contributed by atoms with Gasteiger partial charge in [-0.15, -0.1) is 0 Å². The SMILES string of the molecule is CSCCC(C)N(C)CCC(=O)c1cccc(Cl)c1. The number of ketones is 1. The Morgan fingerprint density at radius 3 is 2.84 bits per heavy atom. The number of thioether (sulfide) groups is 1. The third-order valence-corrected chi connectivity index (χ3v) is 4.21. The second-order valence-corrected chi connectivity index (χ2v) is 6.22. The summed E-state index contributed by atoms with van der Waals surface area (Å²) in [5.41, 5.74) is 0.706. The van der Waals surface area contributed by atoms with E-state index in [1.165, 1.54) is 0 Å². The van der Waals surface area contributed by atoms with E-state index < -0.39 is 0 Å². The molecule has 0 aliphatic carbocycles. The summed E-state index contributed by atoms with van der Waals surface area (Å²) in [7, 11) is 2.08. The van der Waals surface area contributed by atoms with Gasteiger partial charge in [-0.25, -0.2) is 0 Å². The first-order valence-corrected chi connectivity index (χ1v) is 8.29. The van der Waals surface area contributed by atoms with Crippen molar-refractivity contribution in [2.45, 2.75) is 25.8 Å². The summed E-state index contributed by atoms with van der Waals surface area (Å²) in [6.07, 6.45) is 3.82. The molecule has 0 bridgehead atoms. The molecule has 0 radical (unpaired) electrons. The van der Waals surface area contributed by atoms with E-state index in [0.29, 0.717) is 23.0 Å². The van der Waals surface area contributed by atoms with Gasteiger partial charge in [-0.1, -0.05) is 23.7 Å². The van der Waals surface area contributed by atoms with Gasteiger partial charge in [0.25, 0.3) is 0 Å². The first-order chi connectivity index (χ1) is 9.04. The maximum Gasteiger partial charge on any atom is 0.164 e. The van der Waals surface area contributed by atoms with Crippen LogP contribution in [0.2, 0.25) is 5.02 Å². The molecular formula is C15H22ClNOS. The van der Waals surface area contributed by atoms with Crippen LogP contribution in [-0.2, 0) is 0 Å². The minimum atomic E-state index is 0.159. The molecule has 0 aromatic heterocycles. The number of carbonyl (C=O) groups is 1. The van der Waals surface area contributed by atoms with E-state index in [2.05, 4.69) is 25.1 Å². The van der Waals surface area contributed by atoms with Crippen molar-refractivity contribution in [1.29, 1.82) is 0 Å². The van der Waals surface area contributed by atoms with Gasteiger partial charge in [0, 0.05) is 29.6 Å². The highest BCUT2D eigenvalue weighted by Crippen LogP contribution is 2.13. The lowest BCUT2D eigenvalue weighted by Gasteiger charge is -2.24. The third-order valence-electron chi connectivity index (χ3n) is 3.33. The fourth-order valence-electron chi connectivity index (χ4n) is 1.81. The molecule has 0 spiro atoms. The predicted octanol–water partition coefficient (Wildman–Crippen LogP) is 3.99. The van der Waals surface area contributed by atoms with Crippen molar-refractivity contribution >= 4 is 29.1 Å². The molecule has 0 N–H and O–H groups in total. The van der Waals surface area contributed by atoms with Crippen LogP contribution in [0.15, 0.2) is 24.3 Å². The second-order valence-electron chi connectivity index (χ2n) is 4.79. The molecule has 1 atom stereocenters. The fourth-order valence-corrected chi connectivity index (χ4v) is 2.58. The topological polar surface area (TPSA) is 20.3 Å². The number of Topliss-reactive ketones (excluding diaryl/α,β-unsaturated/α-hetero) is 1. The number of hydrogen-bond donors (Lipinski definition) is 0. The summed E-state index contributed by atoms with van der Waals surface area (Å²) in [5.74, 6) is 1.32. The van der Waals surface area contributed by atoms with E-state index in [0.717, 1.165) is 18.7 Å². The van der Waals surface area contributed by atoms with Gasteiger partial charge in [0.1, 0.15) is 0 Å². The molecule has 0 aliphatic heterocycles. The lowest BCUT2D eigenvalue weighted by atomic mass is 10.1. The van der Waals surface area contributed by atoms with Crippen LogP contribution in [0.25, 0.3) is 0 Å². The molecule has 0 saturated carbocycles. The van der Waals surface area contributed by atoms with Crippen LogP contribution in [0, 0.1) is 0 Å². The average molecular weight is 300 g/mol. The molecular weight excluding hydrogens is 278 g/mol. The summed E-state index contributed by atoms with van der Waals surface area (Å²) < 4.78 is 0. The van der Waals surface area contributed by atoms with Gasteiger partial charge >= 0.3 is 0 Å². The van der Waals surface area contributed by atoms with Gasteiger partial charge in [0.05, 0.1) is 0 Å². The first-order valence-electron chi connectivity index (χ1n) is 6.52. The average Bonchev–Trinajstić information content (AvgIpc) is 2.41. The molecule has 0 fully saturated rings. The monoisotopic (exact) mass is 299 g/mol. The van der Waals surface area contributed by atoms with Crippen molar-refractivity contribution in [2.75, 3.05) is 25.6 Å². The minimum absolute atomic E-state index is 0.159. The zero-order valence-corrected chi connectivity index (χ0v) is 13.4. The second kappa shape index (κ2) is 8.62. The Morgan fingerprint density at radius 2 is 2.21 bits per heavy atom. The van der Waals surface area contributed by atoms with Gasteiger partial charge in [-0.3, -0.25) is 4.79 Å². The van der Waals surface area contributed by atoms with Crippen LogP contribution in [0.1, 0.15) is 30.1 Å². The Bertz CT molecular complexity index is 411. The summed E-state index contributed by atoms with van der Waals surface area (Å²) in [6.45, 7) is 3.00. The number of rotatable bonds is 8. The molecule has 1 rings (SSSR count). The molecule has 1 unspecified atom stereocenters. The Kier molecular flexibility index (Phi) is 7.51. The maximum absolute atomic E-state index is 12.0. The molecule has 4 heteroatoms. The number of carbonyl (C=O) groups excluding carboxylic acids is 1. The lowest BCUT2D eigenvalue weighted by molar-refractivity contribution is 0.0962. The van der Waals surface area contributed by atoms with Crippen molar-refractivity contribution in [2.24, 2.45) is 0 Å². The Balaban J connectivity index is 2.41. The zero-order valence-electron chi connectivity index (χ0n) is 11.9. The quantitative estimate of drug-likeness (QED) is 0.677. The fraction of sp³-hybridized carbons (Fsp3) is 0.533. The van der Waals surface area contributed by atoms with E-state index in [-0.39, 0.29) is 5.78 Å². The van der Waals surface area contributed by atoms with Crippen molar-refractivity contribution in [3.63, 3.8) is 0 Å². The molecule has 19 heavy (non-hydrogen) atoms. The van der Waals surface area contributed by atoms with Crippen LogP contribution in [0.3, 0.4) is 0 Å². The molecule has 0 heterocycles. The lowest BCUT2D eigenvalue weighted by Crippen LogP contribution is -2.31. The molecule has 1 aromatic rings. The minimum Gasteiger partial charge on any atom is -0.303 e. The van der Waals surface area contributed by atoms with Crippen LogP contribution >= 0.6 is 23.4 Å². The standard InChI is InChI=1S/C15H22ClNOS/c1-12(8-10-19-3)17(2)9-7-15(18)13-5-4-6-14(16)11-13/h4-6,11-12H,7-10H2,1-3H3.